The molecule has 2 nitrogen and oxygen atoms in total. The minimum absolute atomic E-state index is 0.345. The molecule has 2 aromatic carbocycles. The number of hydrogen-bond acceptors (Lipinski definition) is 2. The maximum Gasteiger partial charge on any atom is 0.119 e. The van der Waals surface area contributed by atoms with E-state index in [4.69, 9.17) is 4.74 Å². The summed E-state index contributed by atoms with van der Waals surface area (Å²) in [4.78, 5) is 0. The topological polar surface area (TPSA) is 21.3 Å². The Hall–Kier alpha value is -1.80. The Morgan fingerprint density at radius 3 is 2.25 bits per heavy atom. The second-order valence-electron chi connectivity index (χ2n) is 4.96. The fraction of sp³-hybridized carbons (Fsp3) is 0.333. The van der Waals surface area contributed by atoms with Gasteiger partial charge in [-0.05, 0) is 37.1 Å². The van der Waals surface area contributed by atoms with Crippen molar-refractivity contribution in [2.75, 3.05) is 13.2 Å². The predicted molar refractivity (Wildman–Crippen MR) is 84.2 cm³/mol. The summed E-state index contributed by atoms with van der Waals surface area (Å²) < 4.78 is 5.87. The maximum atomic E-state index is 5.87. The van der Waals surface area contributed by atoms with Crippen LogP contribution >= 0.6 is 0 Å². The van der Waals surface area contributed by atoms with Gasteiger partial charge in [-0.2, -0.15) is 0 Å². The van der Waals surface area contributed by atoms with Gasteiger partial charge in [0.25, 0.3) is 0 Å². The quantitative estimate of drug-likeness (QED) is 0.789. The van der Waals surface area contributed by atoms with Gasteiger partial charge in [0.1, 0.15) is 12.4 Å². The highest BCUT2D eigenvalue weighted by Gasteiger charge is 2.09. The zero-order valence-corrected chi connectivity index (χ0v) is 12.1. The van der Waals surface area contributed by atoms with Crippen LogP contribution in [0.2, 0.25) is 0 Å². The van der Waals surface area contributed by atoms with Gasteiger partial charge in [0.05, 0.1) is 0 Å². The monoisotopic (exact) mass is 269 g/mol. The van der Waals surface area contributed by atoms with Crippen molar-refractivity contribution in [3.8, 4) is 5.75 Å². The molecule has 0 bridgehead atoms. The lowest BCUT2D eigenvalue weighted by Gasteiger charge is -2.19. The fourth-order valence-corrected chi connectivity index (χ4v) is 2.15. The molecule has 0 aliphatic carbocycles. The second kappa shape index (κ2) is 8.39. The van der Waals surface area contributed by atoms with Crippen LogP contribution in [0, 0.1) is 0 Å². The summed E-state index contributed by atoms with van der Waals surface area (Å²) in [5, 5.41) is 3.56. The Morgan fingerprint density at radius 1 is 0.950 bits per heavy atom. The van der Waals surface area contributed by atoms with Crippen LogP contribution < -0.4 is 10.1 Å². The Bertz CT molecular complexity index is 469. The van der Waals surface area contributed by atoms with Crippen molar-refractivity contribution in [1.82, 2.24) is 5.32 Å². The highest BCUT2D eigenvalue weighted by molar-refractivity contribution is 5.21. The Kier molecular flexibility index (Phi) is 6.12. The van der Waals surface area contributed by atoms with Gasteiger partial charge in [-0.3, -0.25) is 0 Å². The zero-order chi connectivity index (χ0) is 14.0. The number of para-hydroxylation sites is 1. The van der Waals surface area contributed by atoms with Crippen molar-refractivity contribution in [2.24, 2.45) is 0 Å². The summed E-state index contributed by atoms with van der Waals surface area (Å²) >= 11 is 0. The highest BCUT2D eigenvalue weighted by Crippen LogP contribution is 2.10. The molecule has 0 saturated heterocycles. The van der Waals surface area contributed by atoms with Crippen molar-refractivity contribution in [3.63, 3.8) is 0 Å². The van der Waals surface area contributed by atoms with Gasteiger partial charge in [0.2, 0.25) is 0 Å². The van der Waals surface area contributed by atoms with Gasteiger partial charge >= 0.3 is 0 Å². The molecule has 0 aliphatic heterocycles. The molecule has 0 radical (unpaired) electrons. The van der Waals surface area contributed by atoms with Crippen LogP contribution in [0.3, 0.4) is 0 Å². The van der Waals surface area contributed by atoms with Gasteiger partial charge in [0, 0.05) is 6.04 Å². The molecule has 106 valence electrons. The van der Waals surface area contributed by atoms with Gasteiger partial charge in [-0.25, -0.2) is 0 Å². The summed E-state index contributed by atoms with van der Waals surface area (Å²) in [5.41, 5.74) is 1.35. The lowest BCUT2D eigenvalue weighted by Crippen LogP contribution is -2.37. The van der Waals surface area contributed by atoms with Crippen molar-refractivity contribution in [2.45, 2.75) is 25.8 Å². The van der Waals surface area contributed by atoms with Gasteiger partial charge in [0.15, 0.2) is 0 Å². The van der Waals surface area contributed by atoms with E-state index in [9.17, 15) is 0 Å². The number of benzene rings is 2. The molecule has 0 fully saturated rings. The average Bonchev–Trinajstić information content (AvgIpc) is 2.52. The summed E-state index contributed by atoms with van der Waals surface area (Å²) in [6, 6.07) is 20.9. The molecular weight excluding hydrogens is 246 g/mol. The minimum Gasteiger partial charge on any atom is -0.492 e. The summed E-state index contributed by atoms with van der Waals surface area (Å²) in [7, 11) is 0. The predicted octanol–water partition coefficient (Wildman–Crippen LogP) is 3.68. The molecule has 1 N–H and O–H groups in total. The van der Waals surface area contributed by atoms with Gasteiger partial charge in [-0.1, -0.05) is 55.5 Å². The van der Waals surface area contributed by atoms with Crippen LogP contribution in [0.5, 0.6) is 5.75 Å². The van der Waals surface area contributed by atoms with E-state index in [2.05, 4.69) is 42.6 Å². The van der Waals surface area contributed by atoms with E-state index < -0.39 is 0 Å². The fourth-order valence-electron chi connectivity index (χ4n) is 2.15. The van der Waals surface area contributed by atoms with E-state index in [1.54, 1.807) is 0 Å². The van der Waals surface area contributed by atoms with E-state index >= 15 is 0 Å². The molecule has 0 aromatic heterocycles. The standard InChI is InChI=1S/C18H23NO/c1-2-13-19-17(14-16-9-5-3-6-10-16)15-20-18-11-7-4-8-12-18/h3-12,17,19H,2,13-15H2,1H3. The molecule has 0 spiro atoms. The van der Waals surface area contributed by atoms with Crippen LogP contribution in [-0.2, 0) is 6.42 Å². The van der Waals surface area contributed by atoms with E-state index in [1.165, 1.54) is 5.56 Å². The van der Waals surface area contributed by atoms with Crippen molar-refractivity contribution < 1.29 is 4.74 Å². The molecule has 1 atom stereocenters. The van der Waals surface area contributed by atoms with Crippen LogP contribution in [0.4, 0.5) is 0 Å². The van der Waals surface area contributed by atoms with Crippen LogP contribution in [0.15, 0.2) is 60.7 Å². The molecule has 1 unspecified atom stereocenters. The molecular formula is C18H23NO. The second-order valence-corrected chi connectivity index (χ2v) is 4.96. The molecule has 2 aromatic rings. The molecule has 20 heavy (non-hydrogen) atoms. The first-order valence-electron chi connectivity index (χ1n) is 7.33. The SMILES string of the molecule is CCCNC(COc1ccccc1)Cc1ccccc1. The van der Waals surface area contributed by atoms with Crippen molar-refractivity contribution in [3.05, 3.63) is 66.2 Å². The normalized spacial score (nSPS) is 12.1. The third kappa shape index (κ3) is 5.06. The Labute approximate surface area is 121 Å². The van der Waals surface area contributed by atoms with Crippen molar-refractivity contribution >= 4 is 0 Å². The van der Waals surface area contributed by atoms with Gasteiger partial charge in [-0.15, -0.1) is 0 Å². The first-order valence-corrected chi connectivity index (χ1v) is 7.33. The molecule has 0 saturated carbocycles. The molecule has 0 heterocycles. The van der Waals surface area contributed by atoms with E-state index in [0.29, 0.717) is 12.6 Å². The maximum absolute atomic E-state index is 5.87. The minimum atomic E-state index is 0.345. The smallest absolute Gasteiger partial charge is 0.119 e. The summed E-state index contributed by atoms with van der Waals surface area (Å²) in [5.74, 6) is 0.934. The number of ether oxygens (including phenoxy) is 1. The Morgan fingerprint density at radius 2 is 1.60 bits per heavy atom. The molecule has 2 rings (SSSR count). The lowest BCUT2D eigenvalue weighted by molar-refractivity contribution is 0.263. The number of hydrogen-bond donors (Lipinski definition) is 1. The van der Waals surface area contributed by atoms with Crippen LogP contribution in [0.1, 0.15) is 18.9 Å². The first-order chi connectivity index (χ1) is 9.88. The van der Waals surface area contributed by atoms with E-state index in [1.807, 2.05) is 30.3 Å². The third-order valence-electron chi connectivity index (χ3n) is 3.20. The number of nitrogens with one attached hydrogen (secondary N) is 1. The lowest BCUT2D eigenvalue weighted by atomic mass is 10.1. The number of rotatable bonds is 8. The van der Waals surface area contributed by atoms with E-state index in [0.717, 1.165) is 25.1 Å². The first kappa shape index (κ1) is 14.6. The average molecular weight is 269 g/mol. The molecule has 0 aliphatic rings. The van der Waals surface area contributed by atoms with Crippen molar-refractivity contribution in [1.29, 1.82) is 0 Å². The Balaban J connectivity index is 1.89. The van der Waals surface area contributed by atoms with E-state index in [-0.39, 0.29) is 0 Å². The largest absolute Gasteiger partial charge is 0.492 e. The summed E-state index contributed by atoms with van der Waals surface area (Å²) in [6.45, 7) is 3.90. The zero-order valence-electron chi connectivity index (χ0n) is 12.1. The summed E-state index contributed by atoms with van der Waals surface area (Å²) in [6.07, 6.45) is 2.13. The van der Waals surface area contributed by atoms with Gasteiger partial charge < -0.3 is 10.1 Å². The van der Waals surface area contributed by atoms with Crippen LogP contribution in [-0.4, -0.2) is 19.2 Å². The molecule has 0 amide bonds. The highest BCUT2D eigenvalue weighted by atomic mass is 16.5. The van der Waals surface area contributed by atoms with Crippen LogP contribution in [0.25, 0.3) is 0 Å². The molecule has 2 heteroatoms. The third-order valence-corrected chi connectivity index (χ3v) is 3.20.